The van der Waals surface area contributed by atoms with E-state index in [1.807, 2.05) is 0 Å². The molecule has 3 rings (SSSR count). The molecule has 3 nitrogen and oxygen atoms in total. The van der Waals surface area contributed by atoms with Crippen LogP contribution < -0.4 is 5.56 Å². The highest BCUT2D eigenvalue weighted by molar-refractivity contribution is 5.84. The van der Waals surface area contributed by atoms with Gasteiger partial charge in [-0.25, -0.2) is 4.39 Å². The lowest BCUT2D eigenvalue weighted by molar-refractivity contribution is 0.164. The molecule has 76 valence electrons. The average Bonchev–Trinajstić information content (AvgIpc) is 2.56. The van der Waals surface area contributed by atoms with Crippen molar-refractivity contribution >= 4 is 10.9 Å². The molecule has 0 spiro atoms. The predicted octanol–water partition coefficient (Wildman–Crippen LogP) is 1.19. The van der Waals surface area contributed by atoms with E-state index >= 15 is 0 Å². The molecule has 1 N–H and O–H groups in total. The molecule has 0 amide bonds. The van der Waals surface area contributed by atoms with Crippen LogP contribution in [0, 0.1) is 5.82 Å². The number of nitrogens with zero attached hydrogens (tertiary/aromatic N) is 1. The molecular formula is C11H8FNO2. The average molecular weight is 205 g/mol. The number of benzene rings is 1. The number of aliphatic hydroxyl groups excluding tert-OH is 1. The van der Waals surface area contributed by atoms with Crippen LogP contribution in [-0.2, 0) is 6.54 Å². The van der Waals surface area contributed by atoms with Crippen LogP contribution in [0.15, 0.2) is 29.1 Å². The molecule has 0 saturated carbocycles. The number of aliphatic hydroxyl groups is 1. The first-order chi connectivity index (χ1) is 7.18. The van der Waals surface area contributed by atoms with E-state index in [2.05, 4.69) is 0 Å². The molecule has 1 unspecified atom stereocenters. The fraction of sp³-hybridized carbons (Fsp3) is 0.182. The third-order valence-electron chi connectivity index (χ3n) is 2.83. The van der Waals surface area contributed by atoms with Crippen LogP contribution in [0.4, 0.5) is 4.39 Å². The van der Waals surface area contributed by atoms with E-state index in [0.29, 0.717) is 5.52 Å². The Morgan fingerprint density at radius 3 is 2.87 bits per heavy atom. The molecule has 4 heteroatoms. The summed E-state index contributed by atoms with van der Waals surface area (Å²) in [6, 6.07) is 6.01. The number of rotatable bonds is 0. The molecule has 1 aliphatic heterocycles. The zero-order chi connectivity index (χ0) is 10.6. The fourth-order valence-electron chi connectivity index (χ4n) is 2.16. The maximum absolute atomic E-state index is 13.5. The minimum Gasteiger partial charge on any atom is -0.386 e. The van der Waals surface area contributed by atoms with Gasteiger partial charge < -0.3 is 9.67 Å². The highest BCUT2D eigenvalue weighted by atomic mass is 19.1. The fourth-order valence-corrected chi connectivity index (χ4v) is 2.16. The highest BCUT2D eigenvalue weighted by Crippen LogP contribution is 2.32. The van der Waals surface area contributed by atoms with Crippen LogP contribution >= 0.6 is 0 Å². The van der Waals surface area contributed by atoms with Gasteiger partial charge in [-0.15, -0.1) is 0 Å². The van der Waals surface area contributed by atoms with E-state index in [4.69, 9.17) is 0 Å². The predicted molar refractivity (Wildman–Crippen MR) is 53.1 cm³/mol. The van der Waals surface area contributed by atoms with Crippen molar-refractivity contribution in [3.63, 3.8) is 0 Å². The maximum atomic E-state index is 13.5. The van der Waals surface area contributed by atoms with Crippen molar-refractivity contribution in [3.05, 3.63) is 46.0 Å². The van der Waals surface area contributed by atoms with Crippen molar-refractivity contribution in [1.82, 2.24) is 4.57 Å². The number of pyridine rings is 1. The standard InChI is InChI=1S/C11H8FNO2/c12-7-3-1-6-2-4-9(15)13-5-8(14)10(7)11(6)13/h1-4,8,14H,5H2. The van der Waals surface area contributed by atoms with Gasteiger partial charge in [-0.1, -0.05) is 0 Å². The van der Waals surface area contributed by atoms with Crippen molar-refractivity contribution < 1.29 is 9.50 Å². The number of halogens is 1. The Balaban J connectivity index is 2.59. The van der Waals surface area contributed by atoms with Crippen LogP contribution in [0.5, 0.6) is 0 Å². The molecule has 1 aliphatic rings. The molecule has 1 aromatic heterocycles. The van der Waals surface area contributed by atoms with Crippen molar-refractivity contribution in [2.45, 2.75) is 12.6 Å². The first-order valence-corrected chi connectivity index (χ1v) is 4.68. The second-order valence-electron chi connectivity index (χ2n) is 3.70. The van der Waals surface area contributed by atoms with E-state index in [9.17, 15) is 14.3 Å². The summed E-state index contributed by atoms with van der Waals surface area (Å²) in [5.41, 5.74) is 0.561. The Morgan fingerprint density at radius 2 is 2.07 bits per heavy atom. The SMILES string of the molecule is O=c1ccc2ccc(F)c3c2n1CC3O. The summed E-state index contributed by atoms with van der Waals surface area (Å²) < 4.78 is 14.9. The van der Waals surface area contributed by atoms with Crippen LogP contribution in [0.2, 0.25) is 0 Å². The van der Waals surface area contributed by atoms with E-state index in [-0.39, 0.29) is 17.7 Å². The third kappa shape index (κ3) is 0.995. The summed E-state index contributed by atoms with van der Waals surface area (Å²) in [4.78, 5) is 11.5. The molecule has 0 fully saturated rings. The second-order valence-corrected chi connectivity index (χ2v) is 3.70. The van der Waals surface area contributed by atoms with E-state index < -0.39 is 11.9 Å². The van der Waals surface area contributed by atoms with Crippen LogP contribution in [0.3, 0.4) is 0 Å². The Kier molecular flexibility index (Phi) is 1.53. The first-order valence-electron chi connectivity index (χ1n) is 4.68. The van der Waals surface area contributed by atoms with Gasteiger partial charge >= 0.3 is 0 Å². The summed E-state index contributed by atoms with van der Waals surface area (Å²) >= 11 is 0. The van der Waals surface area contributed by atoms with Gasteiger partial charge in [-0.2, -0.15) is 0 Å². The summed E-state index contributed by atoms with van der Waals surface area (Å²) in [6.45, 7) is 0.145. The normalized spacial score (nSPS) is 18.7. The minimum absolute atomic E-state index is 0.145. The lowest BCUT2D eigenvalue weighted by Gasteiger charge is -2.03. The number of hydrogen-bond donors (Lipinski definition) is 1. The molecule has 0 saturated heterocycles. The van der Waals surface area contributed by atoms with Gasteiger partial charge in [0.05, 0.1) is 12.1 Å². The molecule has 2 aromatic rings. The zero-order valence-electron chi connectivity index (χ0n) is 7.77. The lowest BCUT2D eigenvalue weighted by Crippen LogP contribution is -2.17. The molecule has 2 heterocycles. The monoisotopic (exact) mass is 205 g/mol. The smallest absolute Gasteiger partial charge is 0.251 e. The Morgan fingerprint density at radius 1 is 1.33 bits per heavy atom. The van der Waals surface area contributed by atoms with Crippen molar-refractivity contribution in [1.29, 1.82) is 0 Å². The van der Waals surface area contributed by atoms with Crippen LogP contribution in [-0.4, -0.2) is 9.67 Å². The largest absolute Gasteiger partial charge is 0.386 e. The second kappa shape index (κ2) is 2.67. The van der Waals surface area contributed by atoms with Crippen molar-refractivity contribution in [2.24, 2.45) is 0 Å². The molecule has 0 bridgehead atoms. The Labute approximate surface area is 84.4 Å². The van der Waals surface area contributed by atoms with Gasteiger partial charge in [-0.3, -0.25) is 4.79 Å². The van der Waals surface area contributed by atoms with Gasteiger partial charge in [0.2, 0.25) is 0 Å². The van der Waals surface area contributed by atoms with E-state index in [0.717, 1.165) is 5.39 Å². The van der Waals surface area contributed by atoms with E-state index in [1.54, 1.807) is 12.1 Å². The summed E-state index contributed by atoms with van der Waals surface area (Å²) in [6.07, 6.45) is -0.913. The Hall–Kier alpha value is -1.68. The summed E-state index contributed by atoms with van der Waals surface area (Å²) in [5, 5.41) is 10.5. The summed E-state index contributed by atoms with van der Waals surface area (Å²) in [7, 11) is 0. The van der Waals surface area contributed by atoms with Gasteiger partial charge in [0.15, 0.2) is 0 Å². The van der Waals surface area contributed by atoms with Crippen molar-refractivity contribution in [2.75, 3.05) is 0 Å². The van der Waals surface area contributed by atoms with Gasteiger partial charge in [0.1, 0.15) is 11.9 Å². The molecular weight excluding hydrogens is 197 g/mol. The molecule has 15 heavy (non-hydrogen) atoms. The van der Waals surface area contributed by atoms with Gasteiger partial charge in [0, 0.05) is 11.6 Å². The maximum Gasteiger partial charge on any atom is 0.251 e. The van der Waals surface area contributed by atoms with Crippen molar-refractivity contribution in [3.8, 4) is 0 Å². The third-order valence-corrected chi connectivity index (χ3v) is 2.83. The minimum atomic E-state index is -0.913. The van der Waals surface area contributed by atoms with Crippen LogP contribution in [0.1, 0.15) is 11.7 Å². The topological polar surface area (TPSA) is 42.2 Å². The number of hydrogen-bond acceptors (Lipinski definition) is 2. The van der Waals surface area contributed by atoms with Crippen LogP contribution in [0.25, 0.3) is 10.9 Å². The highest BCUT2D eigenvalue weighted by Gasteiger charge is 2.26. The lowest BCUT2D eigenvalue weighted by atomic mass is 10.1. The molecule has 1 aromatic carbocycles. The van der Waals surface area contributed by atoms with E-state index in [1.165, 1.54) is 16.7 Å². The first kappa shape index (κ1) is 8.61. The van der Waals surface area contributed by atoms with Gasteiger partial charge in [0.25, 0.3) is 5.56 Å². The molecule has 0 aliphatic carbocycles. The molecule has 1 atom stereocenters. The Bertz CT molecular complexity index is 618. The molecule has 0 radical (unpaired) electrons. The van der Waals surface area contributed by atoms with Gasteiger partial charge in [-0.05, 0) is 23.6 Å². The zero-order valence-corrected chi connectivity index (χ0v) is 7.77. The number of aromatic nitrogens is 1. The summed E-state index contributed by atoms with van der Waals surface area (Å²) in [5.74, 6) is -0.452. The quantitative estimate of drug-likeness (QED) is 0.701.